The van der Waals surface area contributed by atoms with Crippen LogP contribution >= 0.6 is 11.6 Å². The summed E-state index contributed by atoms with van der Waals surface area (Å²) < 4.78 is 10.0. The van der Waals surface area contributed by atoms with E-state index in [1.54, 1.807) is 12.1 Å². The number of carboxylic acids is 1. The Morgan fingerprint density at radius 2 is 2.18 bits per heavy atom. The van der Waals surface area contributed by atoms with Crippen molar-refractivity contribution in [1.29, 1.82) is 0 Å². The number of rotatable bonds is 7. The Labute approximate surface area is 103 Å². The summed E-state index contributed by atoms with van der Waals surface area (Å²) >= 11 is 5.71. The molecule has 5 nitrogen and oxygen atoms in total. The Bertz CT molecular complexity index is 405. The molecule has 0 spiro atoms. The maximum atomic E-state index is 10.7. The van der Waals surface area contributed by atoms with Crippen LogP contribution in [0.2, 0.25) is 5.02 Å². The lowest BCUT2D eigenvalue weighted by Crippen LogP contribution is -2.13. The summed E-state index contributed by atoms with van der Waals surface area (Å²) in [6.07, 6.45) is 0.638. The van der Waals surface area contributed by atoms with Gasteiger partial charge in [0.1, 0.15) is 19.0 Å². The zero-order valence-electron chi connectivity index (χ0n) is 8.89. The minimum atomic E-state index is -1.04. The number of benzene rings is 1. The van der Waals surface area contributed by atoms with E-state index in [2.05, 4.69) is 0 Å². The third kappa shape index (κ3) is 4.84. The van der Waals surface area contributed by atoms with Gasteiger partial charge in [-0.05, 0) is 18.2 Å². The molecule has 6 heteroatoms. The molecule has 0 heterocycles. The molecule has 0 fully saturated rings. The Kier molecular flexibility index (Phi) is 5.45. The van der Waals surface area contributed by atoms with Gasteiger partial charge in [-0.2, -0.15) is 0 Å². The summed E-state index contributed by atoms with van der Waals surface area (Å²) in [6.45, 7) is -0.0759. The average Bonchev–Trinajstić information content (AvgIpc) is 2.29. The number of carbonyl (C=O) groups is 2. The number of hydrogen-bond donors (Lipinski definition) is 1. The summed E-state index contributed by atoms with van der Waals surface area (Å²) in [5.74, 6) is -0.645. The number of carboxylic acid groups (broad SMARTS) is 1. The van der Waals surface area contributed by atoms with Gasteiger partial charge in [0.25, 0.3) is 0 Å². The second kappa shape index (κ2) is 6.88. The first-order valence-corrected chi connectivity index (χ1v) is 5.18. The summed E-state index contributed by atoms with van der Waals surface area (Å²) in [5.41, 5.74) is 0.343. The summed E-state index contributed by atoms with van der Waals surface area (Å²) in [5, 5.41) is 8.76. The quantitative estimate of drug-likeness (QED) is 0.594. The number of aliphatic carboxylic acids is 1. The van der Waals surface area contributed by atoms with Gasteiger partial charge in [0.05, 0.1) is 12.2 Å². The van der Waals surface area contributed by atoms with Gasteiger partial charge < -0.3 is 14.6 Å². The Morgan fingerprint density at radius 1 is 1.41 bits per heavy atom. The molecule has 0 amide bonds. The lowest BCUT2D eigenvalue weighted by molar-refractivity contribution is -0.142. The van der Waals surface area contributed by atoms with Crippen molar-refractivity contribution >= 4 is 23.9 Å². The van der Waals surface area contributed by atoms with Crippen LogP contribution < -0.4 is 4.74 Å². The molecule has 1 aromatic carbocycles. The monoisotopic (exact) mass is 258 g/mol. The van der Waals surface area contributed by atoms with Gasteiger partial charge in [0.2, 0.25) is 0 Å². The minimum Gasteiger partial charge on any atom is -0.490 e. The maximum Gasteiger partial charge on any atom is 0.329 e. The molecular weight excluding hydrogens is 248 g/mol. The van der Waals surface area contributed by atoms with Crippen molar-refractivity contribution in [3.63, 3.8) is 0 Å². The molecule has 0 aliphatic heterocycles. The first kappa shape index (κ1) is 13.5. The van der Waals surface area contributed by atoms with E-state index < -0.39 is 5.97 Å². The number of halogens is 1. The van der Waals surface area contributed by atoms with Crippen LogP contribution in [0.3, 0.4) is 0 Å². The Balaban J connectivity index is 2.41. The molecule has 0 bridgehead atoms. The lowest BCUT2D eigenvalue weighted by atomic mass is 10.2. The Hall–Kier alpha value is -1.59. The lowest BCUT2D eigenvalue weighted by Gasteiger charge is -2.08. The predicted octanol–water partition coefficient (Wildman–Crippen LogP) is 1.63. The molecule has 0 saturated carbocycles. The first-order valence-electron chi connectivity index (χ1n) is 4.80. The van der Waals surface area contributed by atoms with Crippen LogP contribution in [0.4, 0.5) is 0 Å². The SMILES string of the molecule is O=Cc1cc(Cl)ccc1OCCOCC(=O)O. The summed E-state index contributed by atoms with van der Waals surface area (Å²) in [7, 11) is 0. The van der Waals surface area contributed by atoms with Crippen molar-refractivity contribution in [3.8, 4) is 5.75 Å². The number of ether oxygens (including phenoxy) is 2. The van der Waals surface area contributed by atoms with E-state index in [4.69, 9.17) is 26.2 Å². The highest BCUT2D eigenvalue weighted by Crippen LogP contribution is 2.21. The van der Waals surface area contributed by atoms with E-state index in [1.807, 2.05) is 0 Å². The van der Waals surface area contributed by atoms with E-state index in [9.17, 15) is 9.59 Å². The molecular formula is C11H11ClO5. The highest BCUT2D eigenvalue weighted by Gasteiger charge is 2.04. The van der Waals surface area contributed by atoms with Crippen molar-refractivity contribution in [2.24, 2.45) is 0 Å². The van der Waals surface area contributed by atoms with Crippen molar-refractivity contribution in [2.45, 2.75) is 0 Å². The van der Waals surface area contributed by atoms with Gasteiger partial charge in [-0.3, -0.25) is 4.79 Å². The van der Waals surface area contributed by atoms with Crippen molar-refractivity contribution in [3.05, 3.63) is 28.8 Å². The minimum absolute atomic E-state index is 0.132. The number of hydrogen-bond acceptors (Lipinski definition) is 4. The normalized spacial score (nSPS) is 9.94. The fourth-order valence-electron chi connectivity index (χ4n) is 1.11. The van der Waals surface area contributed by atoms with Crippen molar-refractivity contribution < 1.29 is 24.2 Å². The average molecular weight is 259 g/mol. The molecule has 0 unspecified atom stereocenters. The summed E-state index contributed by atoms with van der Waals surface area (Å²) in [4.78, 5) is 20.9. The topological polar surface area (TPSA) is 72.8 Å². The molecule has 0 radical (unpaired) electrons. The molecule has 92 valence electrons. The highest BCUT2D eigenvalue weighted by atomic mass is 35.5. The van der Waals surface area contributed by atoms with Crippen molar-refractivity contribution in [2.75, 3.05) is 19.8 Å². The molecule has 0 aromatic heterocycles. The van der Waals surface area contributed by atoms with Crippen LogP contribution in [0.1, 0.15) is 10.4 Å². The smallest absolute Gasteiger partial charge is 0.329 e. The van der Waals surface area contributed by atoms with Gasteiger partial charge in [-0.25, -0.2) is 4.79 Å². The molecule has 0 saturated heterocycles. The molecule has 17 heavy (non-hydrogen) atoms. The fourth-order valence-corrected chi connectivity index (χ4v) is 1.29. The van der Waals surface area contributed by atoms with Crippen LogP contribution in [-0.4, -0.2) is 37.2 Å². The van der Waals surface area contributed by atoms with E-state index in [0.29, 0.717) is 22.6 Å². The second-order valence-electron chi connectivity index (χ2n) is 3.09. The Morgan fingerprint density at radius 3 is 2.82 bits per heavy atom. The first-order chi connectivity index (χ1) is 8.13. The molecule has 1 rings (SSSR count). The maximum absolute atomic E-state index is 10.7. The van der Waals surface area contributed by atoms with E-state index in [0.717, 1.165) is 0 Å². The van der Waals surface area contributed by atoms with E-state index in [1.165, 1.54) is 6.07 Å². The molecule has 0 atom stereocenters. The van der Waals surface area contributed by atoms with Gasteiger partial charge >= 0.3 is 5.97 Å². The van der Waals surface area contributed by atoms with Crippen LogP contribution in [0.25, 0.3) is 0 Å². The summed E-state index contributed by atoms with van der Waals surface area (Å²) in [6, 6.07) is 4.66. The zero-order chi connectivity index (χ0) is 12.7. The molecule has 1 aromatic rings. The van der Waals surface area contributed by atoms with Gasteiger partial charge in [0, 0.05) is 5.02 Å². The van der Waals surface area contributed by atoms with Crippen LogP contribution in [0.5, 0.6) is 5.75 Å². The van der Waals surface area contributed by atoms with Crippen LogP contribution in [0.15, 0.2) is 18.2 Å². The number of aldehydes is 1. The fraction of sp³-hybridized carbons (Fsp3) is 0.273. The number of carbonyl (C=O) groups excluding carboxylic acids is 1. The molecule has 0 aliphatic rings. The van der Waals surface area contributed by atoms with Crippen LogP contribution in [0, 0.1) is 0 Å². The van der Waals surface area contributed by atoms with Crippen molar-refractivity contribution in [1.82, 2.24) is 0 Å². The van der Waals surface area contributed by atoms with E-state index >= 15 is 0 Å². The highest BCUT2D eigenvalue weighted by molar-refractivity contribution is 6.30. The van der Waals surface area contributed by atoms with Gasteiger partial charge in [-0.1, -0.05) is 11.6 Å². The van der Waals surface area contributed by atoms with Gasteiger partial charge in [0.15, 0.2) is 6.29 Å². The van der Waals surface area contributed by atoms with Crippen LogP contribution in [-0.2, 0) is 9.53 Å². The molecule has 0 aliphatic carbocycles. The van der Waals surface area contributed by atoms with E-state index in [-0.39, 0.29) is 19.8 Å². The molecule has 1 N–H and O–H groups in total. The zero-order valence-corrected chi connectivity index (χ0v) is 9.64. The third-order valence-corrected chi connectivity index (χ3v) is 2.04. The largest absolute Gasteiger partial charge is 0.490 e. The second-order valence-corrected chi connectivity index (χ2v) is 3.53. The standard InChI is InChI=1S/C11H11ClO5/c12-9-1-2-10(8(5-9)6-13)17-4-3-16-7-11(14)15/h1-2,5-6H,3-4,7H2,(H,14,15). The third-order valence-electron chi connectivity index (χ3n) is 1.81. The predicted molar refractivity (Wildman–Crippen MR) is 60.8 cm³/mol. The van der Waals surface area contributed by atoms with Gasteiger partial charge in [-0.15, -0.1) is 0 Å².